The number of hydrogen-bond donors (Lipinski definition) is 2. The van der Waals surface area contributed by atoms with Crippen LogP contribution in [0.3, 0.4) is 0 Å². The van der Waals surface area contributed by atoms with Crippen LogP contribution in [0.1, 0.15) is 10.5 Å². The van der Waals surface area contributed by atoms with Gasteiger partial charge in [0, 0.05) is 19.3 Å². The fourth-order valence-electron chi connectivity index (χ4n) is 1.48. The number of anilines is 1. The number of nitrogens with zero attached hydrogens (tertiary/aromatic N) is 3. The van der Waals surface area contributed by atoms with E-state index in [4.69, 9.17) is 5.73 Å². The van der Waals surface area contributed by atoms with Crippen LogP contribution in [-0.2, 0) is 4.79 Å². The summed E-state index contributed by atoms with van der Waals surface area (Å²) in [7, 11) is 0. The SMILES string of the molecule is NC(=O)c1ccnc(N2CC(NC=O)C2)n1. The highest BCUT2D eigenvalue weighted by Gasteiger charge is 2.28. The zero-order valence-corrected chi connectivity index (χ0v) is 8.46. The Morgan fingerprint density at radius 2 is 2.38 bits per heavy atom. The van der Waals surface area contributed by atoms with E-state index in [1.54, 1.807) is 0 Å². The van der Waals surface area contributed by atoms with Crippen LogP contribution in [0.25, 0.3) is 0 Å². The highest BCUT2D eigenvalue weighted by atomic mass is 16.1. The van der Waals surface area contributed by atoms with Crippen molar-refractivity contribution >= 4 is 18.3 Å². The maximum Gasteiger partial charge on any atom is 0.267 e. The van der Waals surface area contributed by atoms with E-state index >= 15 is 0 Å². The van der Waals surface area contributed by atoms with Gasteiger partial charge in [0.05, 0.1) is 6.04 Å². The molecule has 0 saturated carbocycles. The molecule has 0 unspecified atom stereocenters. The Hall–Kier alpha value is -2.18. The van der Waals surface area contributed by atoms with Gasteiger partial charge in [-0.05, 0) is 6.07 Å². The molecule has 1 aromatic rings. The van der Waals surface area contributed by atoms with Gasteiger partial charge in [-0.3, -0.25) is 9.59 Å². The zero-order chi connectivity index (χ0) is 11.5. The fourth-order valence-corrected chi connectivity index (χ4v) is 1.48. The smallest absolute Gasteiger partial charge is 0.267 e. The molecule has 0 aromatic carbocycles. The zero-order valence-electron chi connectivity index (χ0n) is 8.46. The van der Waals surface area contributed by atoms with Crippen LogP contribution < -0.4 is 16.0 Å². The van der Waals surface area contributed by atoms with Crippen molar-refractivity contribution in [2.75, 3.05) is 18.0 Å². The van der Waals surface area contributed by atoms with E-state index in [-0.39, 0.29) is 11.7 Å². The average Bonchev–Trinajstić information content (AvgIpc) is 2.23. The molecule has 0 atom stereocenters. The summed E-state index contributed by atoms with van der Waals surface area (Å²) in [6, 6.07) is 1.59. The van der Waals surface area contributed by atoms with Crippen LogP contribution in [-0.4, -0.2) is 41.4 Å². The van der Waals surface area contributed by atoms with Crippen molar-refractivity contribution in [1.29, 1.82) is 0 Å². The molecule has 84 valence electrons. The Morgan fingerprint density at radius 1 is 1.62 bits per heavy atom. The predicted octanol–water partition coefficient (Wildman–Crippen LogP) is -1.49. The van der Waals surface area contributed by atoms with Gasteiger partial charge in [0.1, 0.15) is 5.69 Å². The molecule has 1 aromatic heterocycles. The van der Waals surface area contributed by atoms with Gasteiger partial charge >= 0.3 is 0 Å². The van der Waals surface area contributed by atoms with E-state index in [1.165, 1.54) is 12.3 Å². The molecule has 1 saturated heterocycles. The molecule has 1 fully saturated rings. The summed E-state index contributed by atoms with van der Waals surface area (Å²) >= 11 is 0. The van der Waals surface area contributed by atoms with E-state index in [2.05, 4.69) is 15.3 Å². The lowest BCUT2D eigenvalue weighted by Crippen LogP contribution is -2.58. The topological polar surface area (TPSA) is 101 Å². The van der Waals surface area contributed by atoms with Crippen molar-refractivity contribution in [2.24, 2.45) is 5.73 Å². The minimum Gasteiger partial charge on any atom is -0.364 e. The lowest BCUT2D eigenvalue weighted by molar-refractivity contribution is -0.110. The number of hydrogen-bond acceptors (Lipinski definition) is 5. The number of nitrogens with two attached hydrogens (primary N) is 1. The van der Waals surface area contributed by atoms with Gasteiger partial charge in [-0.15, -0.1) is 0 Å². The van der Waals surface area contributed by atoms with Crippen molar-refractivity contribution < 1.29 is 9.59 Å². The minimum atomic E-state index is -0.577. The summed E-state index contributed by atoms with van der Waals surface area (Å²) in [5.41, 5.74) is 5.30. The third kappa shape index (κ3) is 1.92. The quantitative estimate of drug-likeness (QED) is 0.603. The first-order valence-electron chi connectivity index (χ1n) is 4.78. The first-order chi connectivity index (χ1) is 7.70. The molecule has 0 bridgehead atoms. The molecule has 2 rings (SSSR count). The molecular formula is C9H11N5O2. The Labute approximate surface area is 91.7 Å². The highest BCUT2D eigenvalue weighted by molar-refractivity contribution is 5.90. The average molecular weight is 221 g/mol. The molecule has 7 nitrogen and oxygen atoms in total. The number of carbonyl (C=O) groups is 2. The first kappa shape index (κ1) is 10.3. The monoisotopic (exact) mass is 221 g/mol. The van der Waals surface area contributed by atoms with Crippen LogP contribution >= 0.6 is 0 Å². The molecule has 1 aliphatic heterocycles. The molecule has 1 aliphatic rings. The Morgan fingerprint density at radius 3 is 3.00 bits per heavy atom. The molecule has 7 heteroatoms. The number of aromatic nitrogens is 2. The van der Waals surface area contributed by atoms with Gasteiger partial charge in [-0.25, -0.2) is 9.97 Å². The molecule has 0 spiro atoms. The van der Waals surface area contributed by atoms with Gasteiger partial charge in [0.15, 0.2) is 0 Å². The third-order valence-electron chi connectivity index (χ3n) is 2.36. The Kier molecular flexibility index (Phi) is 2.67. The van der Waals surface area contributed by atoms with Crippen LogP contribution in [0.4, 0.5) is 5.95 Å². The number of carbonyl (C=O) groups excluding carboxylic acids is 2. The largest absolute Gasteiger partial charge is 0.364 e. The van der Waals surface area contributed by atoms with E-state index < -0.39 is 5.91 Å². The normalized spacial score (nSPS) is 15.4. The number of rotatable bonds is 4. The Bertz CT molecular complexity index is 416. The van der Waals surface area contributed by atoms with E-state index in [1.807, 2.05) is 4.90 Å². The summed E-state index contributed by atoms with van der Waals surface area (Å²) in [5.74, 6) is -0.119. The maximum atomic E-state index is 10.9. The van der Waals surface area contributed by atoms with Crippen molar-refractivity contribution in [3.63, 3.8) is 0 Å². The third-order valence-corrected chi connectivity index (χ3v) is 2.36. The molecule has 0 aliphatic carbocycles. The van der Waals surface area contributed by atoms with Crippen LogP contribution in [0.15, 0.2) is 12.3 Å². The maximum absolute atomic E-state index is 10.9. The molecule has 16 heavy (non-hydrogen) atoms. The molecule has 2 amide bonds. The van der Waals surface area contributed by atoms with Crippen molar-refractivity contribution in [3.8, 4) is 0 Å². The van der Waals surface area contributed by atoms with Gasteiger partial charge in [-0.2, -0.15) is 0 Å². The minimum absolute atomic E-state index is 0.123. The fraction of sp³-hybridized carbons (Fsp3) is 0.333. The van der Waals surface area contributed by atoms with E-state index in [0.717, 1.165) is 0 Å². The van der Waals surface area contributed by atoms with Gasteiger partial charge in [-0.1, -0.05) is 0 Å². The summed E-state index contributed by atoms with van der Waals surface area (Å²) in [6.45, 7) is 1.28. The lowest BCUT2D eigenvalue weighted by Gasteiger charge is -2.38. The van der Waals surface area contributed by atoms with Crippen molar-refractivity contribution in [1.82, 2.24) is 15.3 Å². The van der Waals surface area contributed by atoms with Crippen molar-refractivity contribution in [2.45, 2.75) is 6.04 Å². The van der Waals surface area contributed by atoms with Crippen LogP contribution in [0.2, 0.25) is 0 Å². The number of nitrogens with one attached hydrogen (secondary N) is 1. The molecule has 2 heterocycles. The summed E-state index contributed by atoms with van der Waals surface area (Å²) in [6.07, 6.45) is 2.16. The second kappa shape index (κ2) is 4.13. The summed E-state index contributed by atoms with van der Waals surface area (Å²) in [5, 5.41) is 2.65. The van der Waals surface area contributed by atoms with E-state index in [0.29, 0.717) is 25.4 Å². The number of primary amides is 1. The Balaban J connectivity index is 2.03. The molecule has 0 radical (unpaired) electrons. The second-order valence-corrected chi connectivity index (χ2v) is 3.49. The predicted molar refractivity (Wildman–Crippen MR) is 55.8 cm³/mol. The van der Waals surface area contributed by atoms with Crippen LogP contribution in [0, 0.1) is 0 Å². The first-order valence-corrected chi connectivity index (χ1v) is 4.78. The van der Waals surface area contributed by atoms with Gasteiger partial charge < -0.3 is 16.0 Å². The second-order valence-electron chi connectivity index (χ2n) is 3.49. The van der Waals surface area contributed by atoms with Gasteiger partial charge in [0.25, 0.3) is 5.91 Å². The van der Waals surface area contributed by atoms with Gasteiger partial charge in [0.2, 0.25) is 12.4 Å². The van der Waals surface area contributed by atoms with E-state index in [9.17, 15) is 9.59 Å². The highest BCUT2D eigenvalue weighted by Crippen LogP contribution is 2.15. The van der Waals surface area contributed by atoms with Crippen LogP contribution in [0.5, 0.6) is 0 Å². The molecular weight excluding hydrogens is 210 g/mol. The lowest BCUT2D eigenvalue weighted by atomic mass is 10.1. The molecule has 3 N–H and O–H groups in total. The summed E-state index contributed by atoms with van der Waals surface area (Å²) < 4.78 is 0. The van der Waals surface area contributed by atoms with Crippen molar-refractivity contribution in [3.05, 3.63) is 18.0 Å². The standard InChI is InChI=1S/C9H11N5O2/c10-8(16)7-1-2-11-9(13-7)14-3-6(4-14)12-5-15/h1-2,5-6H,3-4H2,(H2,10,16)(H,12,15). The summed E-state index contributed by atoms with van der Waals surface area (Å²) in [4.78, 5) is 31.0. The number of amides is 2.